The molecule has 0 radical (unpaired) electrons. The number of rotatable bonds is 11. The number of thiazole rings is 1. The average Bonchev–Trinajstić information content (AvgIpc) is 1.67. The van der Waals surface area contributed by atoms with Crippen LogP contribution in [-0.4, -0.2) is 136 Å². The highest BCUT2D eigenvalue weighted by atomic mass is 32.2. The predicted molar refractivity (Wildman–Crippen MR) is 490 cm³/mol. The number of nitrogens with zero attached hydrogens (tertiary/aromatic N) is 9. The quantitative estimate of drug-likeness (QED) is 0.118. The van der Waals surface area contributed by atoms with Crippen molar-refractivity contribution in [3.8, 4) is 0 Å². The molecule has 0 spiro atoms. The smallest absolute Gasteiger partial charge is 0.324 e. The highest BCUT2D eigenvalue weighted by Gasteiger charge is 2.31. The van der Waals surface area contributed by atoms with Crippen LogP contribution in [0.3, 0.4) is 0 Å². The second-order valence-electron chi connectivity index (χ2n) is 39.3. The summed E-state index contributed by atoms with van der Waals surface area (Å²) in [4.78, 5) is 20.3. The van der Waals surface area contributed by atoms with E-state index in [0.29, 0.717) is 57.0 Å². The third kappa shape index (κ3) is 35.1. The molecule has 1 fully saturated rings. The Hall–Kier alpha value is -7.52. The number of ether oxygens (including phenoxy) is 1. The summed E-state index contributed by atoms with van der Waals surface area (Å²) in [6.45, 7) is 63.5. The van der Waals surface area contributed by atoms with Gasteiger partial charge in [0.1, 0.15) is 18.2 Å². The lowest BCUT2D eigenvalue weighted by molar-refractivity contribution is -0.0797. The molecule has 1 N–H and O–H groups in total. The summed E-state index contributed by atoms with van der Waals surface area (Å²) in [7, 11) is -15.1. The molecule has 2 aliphatic heterocycles. The molecule has 0 amide bonds. The average molecular weight is 1810 g/mol. The van der Waals surface area contributed by atoms with E-state index in [1.165, 1.54) is 72.2 Å². The third-order valence-corrected chi connectivity index (χ3v) is 26.0. The normalized spacial score (nSPS) is 14.2. The van der Waals surface area contributed by atoms with Gasteiger partial charge in [0.25, 0.3) is 0 Å². The molecule has 31 heteroatoms. The highest BCUT2D eigenvalue weighted by molar-refractivity contribution is 7.91. The fourth-order valence-corrected chi connectivity index (χ4v) is 16.6. The molecule has 22 nitrogen and oxygen atoms in total. The summed E-state index contributed by atoms with van der Waals surface area (Å²) in [5.41, 5.74) is 10.7. The van der Waals surface area contributed by atoms with Crippen molar-refractivity contribution in [1.82, 2.24) is 29.8 Å². The van der Waals surface area contributed by atoms with Crippen LogP contribution in [0.15, 0.2) is 153 Å². The first kappa shape index (κ1) is 109. The van der Waals surface area contributed by atoms with E-state index in [-0.39, 0.29) is 64.3 Å². The maximum atomic E-state index is 13.9. The number of nitrogens with one attached hydrogen (secondary N) is 1. The van der Waals surface area contributed by atoms with Crippen LogP contribution in [0, 0.1) is 44.3 Å². The van der Waals surface area contributed by atoms with E-state index in [1.54, 1.807) is 41.7 Å². The third-order valence-electron chi connectivity index (χ3n) is 19.1. The highest BCUT2D eigenvalue weighted by Crippen LogP contribution is 2.34. The van der Waals surface area contributed by atoms with Gasteiger partial charge in [0, 0.05) is 71.9 Å². The maximum Gasteiger partial charge on any atom is 0.324 e. The number of pyridine rings is 2. The van der Waals surface area contributed by atoms with Crippen LogP contribution >= 0.6 is 11.3 Å². The summed E-state index contributed by atoms with van der Waals surface area (Å²) in [5.74, 6) is 0.290. The van der Waals surface area contributed by atoms with E-state index in [1.807, 2.05) is 125 Å². The van der Waals surface area contributed by atoms with Crippen molar-refractivity contribution in [2.24, 2.45) is 21.4 Å². The van der Waals surface area contributed by atoms with Crippen molar-refractivity contribution in [1.29, 1.82) is 0 Å². The molecule has 10 rings (SSSR count). The van der Waals surface area contributed by atoms with Gasteiger partial charge < -0.3 is 14.2 Å². The Bertz CT molecular complexity index is 5110. The van der Waals surface area contributed by atoms with Crippen LogP contribution in [0.5, 0.6) is 0 Å². The van der Waals surface area contributed by atoms with Crippen molar-refractivity contribution in [2.45, 2.75) is 301 Å². The van der Waals surface area contributed by atoms with Gasteiger partial charge in [0.15, 0.2) is 55.2 Å². The number of anilines is 1. The largest absolute Gasteiger partial charge is 0.373 e. The predicted octanol–water partition coefficient (Wildman–Crippen LogP) is 20.8. The molecule has 2 aliphatic rings. The van der Waals surface area contributed by atoms with E-state index in [4.69, 9.17) is 9.26 Å². The number of sulfone groups is 4. The zero-order chi connectivity index (χ0) is 94.3. The van der Waals surface area contributed by atoms with Gasteiger partial charge in [0.2, 0.25) is 16.0 Å². The zero-order valence-electron chi connectivity index (χ0n) is 78.7. The summed E-state index contributed by atoms with van der Waals surface area (Å²) in [5, 5.41) is 15.1. The molecule has 6 heterocycles. The van der Waals surface area contributed by atoms with Crippen LogP contribution in [0.1, 0.15) is 272 Å². The number of hydrogen-bond donors (Lipinski definition) is 1. The Kier molecular flexibility index (Phi) is 38.0. The van der Waals surface area contributed by atoms with E-state index in [9.17, 15) is 55.3 Å². The lowest BCUT2D eigenvalue weighted by Gasteiger charge is -2.36. The van der Waals surface area contributed by atoms with Crippen LogP contribution < -0.4 is 9.62 Å². The first-order chi connectivity index (χ1) is 55.0. The maximum absolute atomic E-state index is 13.9. The topological polar surface area (TPSA) is 310 Å². The molecule has 122 heavy (non-hydrogen) atoms. The summed E-state index contributed by atoms with van der Waals surface area (Å²) < 4.78 is 168. The van der Waals surface area contributed by atoms with E-state index in [2.05, 4.69) is 175 Å². The second-order valence-corrected chi connectivity index (χ2v) is 50.0. The Morgan fingerprint density at radius 3 is 1.22 bits per heavy atom. The van der Waals surface area contributed by atoms with Gasteiger partial charge in [-0.25, -0.2) is 65.6 Å². The van der Waals surface area contributed by atoms with E-state index < -0.39 is 61.1 Å². The van der Waals surface area contributed by atoms with Crippen LogP contribution in [0.4, 0.5) is 19.2 Å². The van der Waals surface area contributed by atoms with Gasteiger partial charge >= 0.3 is 6.01 Å². The fraction of sp³-hybridized carbons (Fsp3) is 0.560. The fourth-order valence-electron chi connectivity index (χ4n) is 12.6. The molecule has 0 bridgehead atoms. The lowest BCUT2D eigenvalue weighted by atomic mass is 9.84. The number of sulfonamides is 1. The van der Waals surface area contributed by atoms with Crippen LogP contribution in [0.25, 0.3) is 0 Å². The Morgan fingerprint density at radius 1 is 0.492 bits per heavy atom. The van der Waals surface area contributed by atoms with Crippen molar-refractivity contribution in [2.75, 3.05) is 56.6 Å². The van der Waals surface area contributed by atoms with Gasteiger partial charge in [-0.1, -0.05) is 207 Å². The summed E-state index contributed by atoms with van der Waals surface area (Å²) in [6, 6.07) is 26.7. The summed E-state index contributed by atoms with van der Waals surface area (Å²) in [6.07, 6.45) is 9.09. The molecule has 0 saturated carbocycles. The van der Waals surface area contributed by atoms with Crippen LogP contribution in [-0.2, 0) is 92.0 Å². The minimum absolute atomic E-state index is 0.00683. The molecule has 4 aromatic carbocycles. The molecule has 1 saturated heterocycles. The zero-order valence-corrected chi connectivity index (χ0v) is 83.6. The van der Waals surface area contributed by atoms with Gasteiger partial charge in [-0.3, -0.25) is 4.98 Å². The number of aromatic nitrogens is 5. The van der Waals surface area contributed by atoms with Gasteiger partial charge in [-0.15, -0.1) is 16.4 Å². The molecule has 4 aromatic heterocycles. The number of piperidine rings is 1. The number of halogens is 3. The molecule has 8 aromatic rings. The first-order valence-electron chi connectivity index (χ1n) is 40.3. The Balaban J connectivity index is 0.000000363. The van der Waals surface area contributed by atoms with E-state index >= 15 is 0 Å². The molecule has 1 atom stereocenters. The lowest BCUT2D eigenvalue weighted by Crippen LogP contribution is -2.40. The summed E-state index contributed by atoms with van der Waals surface area (Å²) >= 11 is 1.72. The van der Waals surface area contributed by atoms with Crippen molar-refractivity contribution in [3.63, 3.8) is 0 Å². The molecule has 0 aliphatic carbocycles. The minimum atomic E-state index is -3.57. The SMILES string of the molecule is CC(C)(C)c1ccc(C2=NN=NC2)cc1F.CC(C)(C)c1ccc(S(C)(=O)=O)nc1F.CC(C)(C)c1cncs1.CC(C)c1noc(N2CCC(C(C)OC(C)(C)C)CC2)n1.CNS(=O)(=O)c1ccc(C(C)(C)C)c(F)c1.Cc1cc(S(C)(=O)=O)ccc1C(C)(C)C.Cc1cc(S(C)(=O)=O)ccc1C(C)(C)C.Cc1nc(S(C)(=O)=O)ccc1C(C)(C)C. The second kappa shape index (κ2) is 42.6. The molecule has 680 valence electrons. The van der Waals surface area contributed by atoms with Crippen LogP contribution in [0.2, 0.25) is 0 Å². The van der Waals surface area contributed by atoms with Crippen molar-refractivity contribution >= 4 is 72.4 Å². The molecular weight excluding hydrogens is 1670 g/mol. The van der Waals surface area contributed by atoms with Gasteiger partial charge in [0.05, 0.1) is 37.6 Å². The monoisotopic (exact) mass is 1810 g/mol. The van der Waals surface area contributed by atoms with Gasteiger partial charge in [-0.05, 0) is 211 Å². The Labute approximate surface area is 733 Å². The van der Waals surface area contributed by atoms with Crippen molar-refractivity contribution in [3.05, 3.63) is 193 Å². The molecular formula is C91H137F3N10O12S6. The number of aryl methyl sites for hydroxylation is 3. The van der Waals surface area contributed by atoms with Gasteiger partial charge in [-0.2, -0.15) is 14.5 Å². The number of hydrogen-bond acceptors (Lipinski definition) is 22. The first-order valence-corrected chi connectivity index (χ1v) is 50.2. The van der Waals surface area contributed by atoms with E-state index in [0.717, 1.165) is 77.7 Å². The minimum Gasteiger partial charge on any atom is -0.373 e. The van der Waals surface area contributed by atoms with Crippen molar-refractivity contribution < 1.29 is 64.5 Å². The Morgan fingerprint density at radius 2 is 0.902 bits per heavy atom. The number of benzene rings is 4. The standard InChI is InChI=1S/C16H29N3O2.C12H14FN3.2C12H18O2S.C11H16FNO2S.C11H17NO2S.C10H14FNO2S.C7H11NS/c1-11(2)14-17-15(21-18-14)19-9-7-13(8-10-19)12(3)20-16(4,5)6;1-12(2,3)9-5-4-8(6-10(9)13)11-7-14-16-15-11;2*1-9-8-10(15(5,13)14)6-7-11(9)12(2,3)4;1-11(2,3)9-6-5-8(7-10(9)12)16(14,15)13-4;1-8-9(11(2,3)4)6-7-10(12-8)15(5,13)14;1-10(2,3)7-5-6-8(12-9(7)11)15(4,13)14;1-7(2,3)6-4-8-5-9-6/h11-13H,7-10H2,1-6H3;4-6H,7H2,1-3H3;2*6-8H,1-5H3;5-7,13H,1-4H3;6-7H,1-5H3;5-6H,1-4H3;4-5H,1-3H3. The molecule has 1 unspecified atom stereocenters.